The summed E-state index contributed by atoms with van der Waals surface area (Å²) < 4.78 is 35.0. The van der Waals surface area contributed by atoms with Crippen LogP contribution in [0.1, 0.15) is 28.7 Å². The van der Waals surface area contributed by atoms with Gasteiger partial charge in [-0.2, -0.15) is 13.7 Å². The van der Waals surface area contributed by atoms with Crippen molar-refractivity contribution >= 4 is 21.7 Å². The molecular formula is C31H29N7O4S. The van der Waals surface area contributed by atoms with Crippen molar-refractivity contribution in [2.24, 2.45) is 19.8 Å². The molecule has 0 aliphatic heterocycles. The molecule has 0 spiro atoms. The first-order chi connectivity index (χ1) is 20.7. The molecule has 5 rings (SSSR count). The van der Waals surface area contributed by atoms with Gasteiger partial charge in [0.15, 0.2) is 6.04 Å². The number of aromatic nitrogens is 4. The summed E-state index contributed by atoms with van der Waals surface area (Å²) >= 11 is 0. The van der Waals surface area contributed by atoms with Crippen molar-refractivity contribution in [2.45, 2.75) is 24.2 Å². The number of carbonyl (C=O) groups excluding carboxylic acids is 1. The van der Waals surface area contributed by atoms with Crippen molar-refractivity contribution in [3.63, 3.8) is 0 Å². The van der Waals surface area contributed by atoms with Crippen molar-refractivity contribution in [3.05, 3.63) is 120 Å². The second kappa shape index (κ2) is 12.3. The highest BCUT2D eigenvalue weighted by atomic mass is 32.2. The minimum atomic E-state index is -4.29. The van der Waals surface area contributed by atoms with E-state index in [1.165, 1.54) is 10.8 Å². The maximum atomic E-state index is 13.2. The lowest BCUT2D eigenvalue weighted by Crippen LogP contribution is -2.39. The molecule has 218 valence electrons. The fourth-order valence-electron chi connectivity index (χ4n) is 4.65. The topological polar surface area (TPSA) is 149 Å². The smallest absolute Gasteiger partial charge is 0.316 e. The average molecular weight is 596 g/mol. The van der Waals surface area contributed by atoms with Crippen LogP contribution in [-0.4, -0.2) is 33.4 Å². The van der Waals surface area contributed by atoms with Crippen molar-refractivity contribution in [2.75, 3.05) is 4.90 Å². The van der Waals surface area contributed by atoms with Gasteiger partial charge >= 0.3 is 10.1 Å². The Labute approximate surface area is 249 Å². The lowest BCUT2D eigenvalue weighted by molar-refractivity contribution is -0.119. The van der Waals surface area contributed by atoms with Gasteiger partial charge in [0.25, 0.3) is 0 Å². The molecule has 3 aromatic carbocycles. The molecule has 1 unspecified atom stereocenters. The van der Waals surface area contributed by atoms with E-state index >= 15 is 0 Å². The molecular weight excluding hydrogens is 566 g/mol. The number of primary amides is 1. The van der Waals surface area contributed by atoms with Gasteiger partial charge < -0.3 is 19.8 Å². The summed E-state index contributed by atoms with van der Waals surface area (Å²) in [4.78, 5) is 23.2. The predicted molar refractivity (Wildman–Crippen MR) is 160 cm³/mol. The summed E-state index contributed by atoms with van der Waals surface area (Å²) in [5.74, 6) is -0.642. The summed E-state index contributed by atoms with van der Waals surface area (Å²) in [5.41, 5.74) is 10.4. The van der Waals surface area contributed by atoms with Crippen LogP contribution in [0.5, 0.6) is 0 Å². The largest absolute Gasteiger partial charge is 0.367 e. The number of hydrogen-bond donors (Lipinski definition) is 1. The first kappa shape index (κ1) is 29.2. The van der Waals surface area contributed by atoms with Crippen molar-refractivity contribution < 1.29 is 17.4 Å². The Bertz CT molecular complexity index is 1880. The van der Waals surface area contributed by atoms with Crippen LogP contribution in [-0.2, 0) is 46.3 Å². The number of nitriles is 1. The van der Waals surface area contributed by atoms with E-state index in [-0.39, 0.29) is 24.0 Å². The highest BCUT2D eigenvalue weighted by Gasteiger charge is 2.33. The Kier molecular flexibility index (Phi) is 8.38. The molecule has 0 saturated carbocycles. The maximum absolute atomic E-state index is 13.2. The lowest BCUT2D eigenvalue weighted by atomic mass is 10.0. The number of rotatable bonds is 11. The summed E-state index contributed by atoms with van der Waals surface area (Å²) in [5, 5.41) is 8.90. The molecule has 0 bridgehead atoms. The van der Waals surface area contributed by atoms with E-state index in [0.29, 0.717) is 16.8 Å². The molecule has 5 aromatic rings. The molecule has 0 saturated heterocycles. The third-order valence-electron chi connectivity index (χ3n) is 6.99. The van der Waals surface area contributed by atoms with Crippen LogP contribution in [0.25, 0.3) is 11.1 Å². The normalized spacial score (nSPS) is 12.0. The van der Waals surface area contributed by atoms with E-state index in [0.717, 1.165) is 16.8 Å². The van der Waals surface area contributed by atoms with Gasteiger partial charge in [0, 0.05) is 32.2 Å². The predicted octanol–water partition coefficient (Wildman–Crippen LogP) is 3.83. The molecule has 0 fully saturated rings. The minimum absolute atomic E-state index is 0.105. The molecule has 0 aliphatic carbocycles. The van der Waals surface area contributed by atoms with Crippen molar-refractivity contribution in [3.8, 4) is 17.2 Å². The fraction of sp³-hybridized carbons (Fsp3) is 0.161. The molecule has 43 heavy (non-hydrogen) atoms. The van der Waals surface area contributed by atoms with E-state index in [4.69, 9.17) is 9.92 Å². The number of carbonyl (C=O) groups is 1. The molecule has 11 nitrogen and oxygen atoms in total. The summed E-state index contributed by atoms with van der Waals surface area (Å²) in [6.45, 7) is 0.000835. The second-order valence-corrected chi connectivity index (χ2v) is 11.5. The zero-order valence-corrected chi connectivity index (χ0v) is 24.3. The quantitative estimate of drug-likeness (QED) is 0.227. The highest BCUT2D eigenvalue weighted by Crippen LogP contribution is 2.30. The van der Waals surface area contributed by atoms with Gasteiger partial charge in [-0.1, -0.05) is 54.6 Å². The van der Waals surface area contributed by atoms with Crippen LogP contribution in [0.15, 0.2) is 103 Å². The van der Waals surface area contributed by atoms with E-state index in [1.54, 1.807) is 65.4 Å². The van der Waals surface area contributed by atoms with Gasteiger partial charge in [0.05, 0.1) is 36.8 Å². The first-order valence-corrected chi connectivity index (χ1v) is 14.7. The molecule has 2 N–H and O–H groups in total. The lowest BCUT2D eigenvalue weighted by Gasteiger charge is -2.31. The SMILES string of the molecule is Cn1cncc1CN(c1ccc(C#N)cc1)C(C(N)=O)c1nc(S(=O)(=O)OCc2ccc(-c3ccccc3)cc2)cn1C. The van der Waals surface area contributed by atoms with Crippen LogP contribution in [0.2, 0.25) is 0 Å². The third kappa shape index (κ3) is 6.48. The number of benzene rings is 3. The Morgan fingerprint density at radius 1 is 1.00 bits per heavy atom. The zero-order valence-electron chi connectivity index (χ0n) is 23.5. The number of amides is 1. The van der Waals surface area contributed by atoms with Crippen LogP contribution >= 0.6 is 0 Å². The van der Waals surface area contributed by atoms with Crippen molar-refractivity contribution in [1.29, 1.82) is 5.26 Å². The van der Waals surface area contributed by atoms with Crippen molar-refractivity contribution in [1.82, 2.24) is 19.1 Å². The van der Waals surface area contributed by atoms with Gasteiger partial charge in [-0.05, 0) is 41.0 Å². The van der Waals surface area contributed by atoms with Gasteiger partial charge in [0.2, 0.25) is 10.9 Å². The standard InChI is InChI=1S/C31H29N7O4S/c1-36-19-28(43(40,41)42-20-23-8-12-25(13-9-23)24-6-4-3-5-7-24)35-31(36)29(30(33)39)38(18-27-17-34-21-37(27)2)26-14-10-22(16-32)11-15-26/h3-15,17,19,21,29H,18,20H2,1-2H3,(H2,33,39). The Morgan fingerprint density at radius 2 is 1.67 bits per heavy atom. The van der Waals surface area contributed by atoms with Gasteiger partial charge in [0.1, 0.15) is 5.82 Å². The number of anilines is 1. The van der Waals surface area contributed by atoms with E-state index < -0.39 is 22.1 Å². The summed E-state index contributed by atoms with van der Waals surface area (Å²) in [7, 11) is -0.890. The molecule has 1 atom stereocenters. The molecule has 0 radical (unpaired) electrons. The maximum Gasteiger partial charge on any atom is 0.316 e. The van der Waals surface area contributed by atoms with Gasteiger partial charge in [-0.15, -0.1) is 0 Å². The average Bonchev–Trinajstić information content (AvgIpc) is 3.61. The molecule has 1 amide bonds. The number of hydrogen-bond acceptors (Lipinski definition) is 8. The molecule has 2 aromatic heterocycles. The van der Waals surface area contributed by atoms with Crippen LogP contribution in [0, 0.1) is 11.3 Å². The first-order valence-electron chi connectivity index (χ1n) is 13.2. The summed E-state index contributed by atoms with van der Waals surface area (Å²) in [6.07, 6.45) is 4.58. The zero-order chi connectivity index (χ0) is 30.6. The number of imidazole rings is 2. The van der Waals surface area contributed by atoms with Gasteiger partial charge in [-0.25, -0.2) is 9.97 Å². The summed E-state index contributed by atoms with van der Waals surface area (Å²) in [6, 6.07) is 24.8. The molecule has 0 aliphatic rings. The van der Waals surface area contributed by atoms with Crippen LogP contribution in [0.4, 0.5) is 5.69 Å². The van der Waals surface area contributed by atoms with E-state index in [2.05, 4.69) is 16.0 Å². The highest BCUT2D eigenvalue weighted by molar-refractivity contribution is 7.86. The molecule has 2 heterocycles. The number of aryl methyl sites for hydroxylation is 2. The molecule has 12 heteroatoms. The third-order valence-corrected chi connectivity index (χ3v) is 8.13. The minimum Gasteiger partial charge on any atom is -0.367 e. The fourth-order valence-corrected chi connectivity index (χ4v) is 5.55. The van der Waals surface area contributed by atoms with Crippen LogP contribution < -0.4 is 10.6 Å². The Morgan fingerprint density at radius 3 is 2.28 bits per heavy atom. The second-order valence-electron chi connectivity index (χ2n) is 9.91. The number of nitrogens with two attached hydrogens (primary N) is 1. The van der Waals surface area contributed by atoms with E-state index in [1.807, 2.05) is 49.5 Å². The van der Waals surface area contributed by atoms with Crippen LogP contribution in [0.3, 0.4) is 0 Å². The Hall–Kier alpha value is -5.25. The van der Waals surface area contributed by atoms with E-state index in [9.17, 15) is 18.5 Å². The number of nitrogens with zero attached hydrogens (tertiary/aromatic N) is 6. The monoisotopic (exact) mass is 595 g/mol. The van der Waals surface area contributed by atoms with Gasteiger partial charge in [-0.3, -0.25) is 8.98 Å². The Balaban J connectivity index is 1.41.